The fourth-order valence-corrected chi connectivity index (χ4v) is 1.56. The molecule has 0 unspecified atom stereocenters. The van der Waals surface area contributed by atoms with Crippen LogP contribution in [0.15, 0.2) is 48.5 Å². The molecule has 0 aliphatic heterocycles. The highest BCUT2D eigenvalue weighted by molar-refractivity contribution is 6.04. The predicted molar refractivity (Wildman–Crippen MR) is 68.7 cm³/mol. The number of rotatable bonds is 3. The molecule has 92 valence electrons. The maximum absolute atomic E-state index is 13.0. The average Bonchev–Trinajstić information content (AvgIpc) is 2.39. The maximum Gasteiger partial charge on any atom is 0.255 e. The van der Waals surface area contributed by atoms with E-state index in [0.29, 0.717) is 12.2 Å². The van der Waals surface area contributed by atoms with Crippen LogP contribution in [-0.2, 0) is 6.54 Å². The zero-order valence-electron chi connectivity index (χ0n) is 9.69. The van der Waals surface area contributed by atoms with Crippen molar-refractivity contribution in [2.75, 3.05) is 5.32 Å². The molecule has 3 nitrogen and oxygen atoms in total. The van der Waals surface area contributed by atoms with Crippen LogP contribution in [0, 0.1) is 5.82 Å². The van der Waals surface area contributed by atoms with Crippen LogP contribution < -0.4 is 11.1 Å². The fourth-order valence-electron chi connectivity index (χ4n) is 1.56. The summed E-state index contributed by atoms with van der Waals surface area (Å²) in [4.78, 5) is 11.8. The molecular formula is C14H13FN2O. The quantitative estimate of drug-likeness (QED) is 0.871. The van der Waals surface area contributed by atoms with Crippen molar-refractivity contribution in [3.05, 3.63) is 65.5 Å². The van der Waals surface area contributed by atoms with Gasteiger partial charge in [-0.25, -0.2) is 4.39 Å². The molecule has 0 saturated heterocycles. The summed E-state index contributed by atoms with van der Waals surface area (Å²) in [6, 6.07) is 12.8. The van der Waals surface area contributed by atoms with Crippen LogP contribution >= 0.6 is 0 Å². The van der Waals surface area contributed by atoms with Gasteiger partial charge in [-0.3, -0.25) is 4.79 Å². The van der Waals surface area contributed by atoms with Crippen molar-refractivity contribution >= 4 is 11.6 Å². The summed E-state index contributed by atoms with van der Waals surface area (Å²) in [6.07, 6.45) is 0. The summed E-state index contributed by atoms with van der Waals surface area (Å²) in [5, 5.41) is 2.69. The highest BCUT2D eigenvalue weighted by atomic mass is 19.1. The van der Waals surface area contributed by atoms with Crippen molar-refractivity contribution < 1.29 is 9.18 Å². The Balaban J connectivity index is 2.11. The molecular weight excluding hydrogens is 231 g/mol. The lowest BCUT2D eigenvalue weighted by molar-refractivity contribution is 0.102. The third kappa shape index (κ3) is 2.93. The van der Waals surface area contributed by atoms with Crippen LogP contribution in [0.25, 0.3) is 0 Å². The largest absolute Gasteiger partial charge is 0.326 e. The summed E-state index contributed by atoms with van der Waals surface area (Å²) in [6.45, 7) is 0.456. The Bertz CT molecular complexity index is 552. The monoisotopic (exact) mass is 244 g/mol. The van der Waals surface area contributed by atoms with Gasteiger partial charge in [-0.1, -0.05) is 18.2 Å². The van der Waals surface area contributed by atoms with Gasteiger partial charge in [0.1, 0.15) is 5.82 Å². The van der Waals surface area contributed by atoms with Gasteiger partial charge in [0.2, 0.25) is 0 Å². The Morgan fingerprint density at radius 3 is 2.50 bits per heavy atom. The van der Waals surface area contributed by atoms with Gasteiger partial charge >= 0.3 is 0 Å². The normalized spacial score (nSPS) is 10.1. The Labute approximate surface area is 104 Å². The minimum absolute atomic E-state index is 0.290. The van der Waals surface area contributed by atoms with Gasteiger partial charge in [0.25, 0.3) is 5.91 Å². The number of amides is 1. The van der Waals surface area contributed by atoms with E-state index in [0.717, 1.165) is 5.56 Å². The molecule has 2 rings (SSSR count). The van der Waals surface area contributed by atoms with Crippen LogP contribution in [-0.4, -0.2) is 5.91 Å². The summed E-state index contributed by atoms with van der Waals surface area (Å²) in [5.41, 5.74) is 7.41. The maximum atomic E-state index is 13.0. The number of halogens is 1. The molecule has 0 aliphatic carbocycles. The number of anilines is 1. The Morgan fingerprint density at radius 2 is 1.89 bits per heavy atom. The molecule has 0 spiro atoms. The van der Waals surface area contributed by atoms with Crippen LogP contribution in [0.3, 0.4) is 0 Å². The van der Waals surface area contributed by atoms with Crippen molar-refractivity contribution in [3.8, 4) is 0 Å². The van der Waals surface area contributed by atoms with E-state index in [1.54, 1.807) is 18.2 Å². The number of carbonyl (C=O) groups is 1. The summed E-state index contributed by atoms with van der Waals surface area (Å²) < 4.78 is 13.0. The summed E-state index contributed by atoms with van der Waals surface area (Å²) in [7, 11) is 0. The molecule has 0 bridgehead atoms. The fraction of sp³-hybridized carbons (Fsp3) is 0.0714. The topological polar surface area (TPSA) is 55.1 Å². The first kappa shape index (κ1) is 12.3. The lowest BCUT2D eigenvalue weighted by Gasteiger charge is -2.06. The molecule has 4 heteroatoms. The van der Waals surface area contributed by atoms with Crippen molar-refractivity contribution in [1.29, 1.82) is 0 Å². The third-order valence-corrected chi connectivity index (χ3v) is 2.53. The first-order valence-corrected chi connectivity index (χ1v) is 5.55. The SMILES string of the molecule is NCc1ccc(NC(=O)c2cccc(F)c2)cc1. The summed E-state index contributed by atoms with van der Waals surface area (Å²) in [5.74, 6) is -0.767. The van der Waals surface area contributed by atoms with Crippen molar-refractivity contribution in [3.63, 3.8) is 0 Å². The highest BCUT2D eigenvalue weighted by Gasteiger charge is 2.06. The van der Waals surface area contributed by atoms with Gasteiger partial charge in [-0.15, -0.1) is 0 Å². The van der Waals surface area contributed by atoms with Crippen molar-refractivity contribution in [2.24, 2.45) is 5.73 Å². The number of hydrogen-bond acceptors (Lipinski definition) is 2. The number of benzene rings is 2. The van der Waals surface area contributed by atoms with Crippen LogP contribution in [0.2, 0.25) is 0 Å². The average molecular weight is 244 g/mol. The number of nitrogens with one attached hydrogen (secondary N) is 1. The molecule has 0 aromatic heterocycles. The standard InChI is InChI=1S/C14H13FN2O/c15-12-3-1-2-11(8-12)14(18)17-13-6-4-10(9-16)5-7-13/h1-8H,9,16H2,(H,17,18). The van der Waals surface area contributed by atoms with Gasteiger partial charge in [0.15, 0.2) is 0 Å². The molecule has 0 aliphatic rings. The van der Waals surface area contributed by atoms with E-state index in [4.69, 9.17) is 5.73 Å². The molecule has 1 amide bonds. The molecule has 0 fully saturated rings. The van der Waals surface area contributed by atoms with Crippen LogP contribution in [0.5, 0.6) is 0 Å². The second-order valence-corrected chi connectivity index (χ2v) is 3.87. The Hall–Kier alpha value is -2.20. The van der Waals surface area contributed by atoms with Gasteiger partial charge in [-0.2, -0.15) is 0 Å². The van der Waals surface area contributed by atoms with E-state index in [2.05, 4.69) is 5.32 Å². The molecule has 0 saturated carbocycles. The minimum Gasteiger partial charge on any atom is -0.326 e. The van der Waals surface area contributed by atoms with Crippen molar-refractivity contribution in [1.82, 2.24) is 0 Å². The van der Waals surface area contributed by atoms with E-state index in [-0.39, 0.29) is 11.5 Å². The smallest absolute Gasteiger partial charge is 0.255 e. The molecule has 2 aromatic rings. The second kappa shape index (κ2) is 5.42. The Kier molecular flexibility index (Phi) is 3.69. The molecule has 0 atom stereocenters. The van der Waals surface area contributed by atoms with Crippen LogP contribution in [0.1, 0.15) is 15.9 Å². The van der Waals surface area contributed by atoms with Crippen LogP contribution in [0.4, 0.5) is 10.1 Å². The van der Waals surface area contributed by atoms with Gasteiger partial charge < -0.3 is 11.1 Å². The third-order valence-electron chi connectivity index (χ3n) is 2.53. The Morgan fingerprint density at radius 1 is 1.17 bits per heavy atom. The van der Waals surface area contributed by atoms with Crippen molar-refractivity contribution in [2.45, 2.75) is 6.54 Å². The van der Waals surface area contributed by atoms with E-state index in [9.17, 15) is 9.18 Å². The van der Waals surface area contributed by atoms with E-state index in [1.807, 2.05) is 12.1 Å². The molecule has 0 heterocycles. The summed E-state index contributed by atoms with van der Waals surface area (Å²) >= 11 is 0. The lowest BCUT2D eigenvalue weighted by Crippen LogP contribution is -2.12. The first-order chi connectivity index (χ1) is 8.69. The molecule has 2 aromatic carbocycles. The molecule has 3 N–H and O–H groups in total. The minimum atomic E-state index is -0.430. The first-order valence-electron chi connectivity index (χ1n) is 5.55. The van der Waals surface area contributed by atoms with E-state index in [1.165, 1.54) is 18.2 Å². The number of nitrogens with two attached hydrogens (primary N) is 1. The molecule has 0 radical (unpaired) electrons. The number of carbonyl (C=O) groups excluding carboxylic acids is 1. The zero-order valence-corrected chi connectivity index (χ0v) is 9.69. The highest BCUT2D eigenvalue weighted by Crippen LogP contribution is 2.11. The van der Waals surface area contributed by atoms with E-state index < -0.39 is 5.82 Å². The van der Waals surface area contributed by atoms with Gasteiger partial charge in [-0.05, 0) is 35.9 Å². The number of hydrogen-bond donors (Lipinski definition) is 2. The van der Waals surface area contributed by atoms with E-state index >= 15 is 0 Å². The van der Waals surface area contributed by atoms with Gasteiger partial charge in [0, 0.05) is 17.8 Å². The molecule has 18 heavy (non-hydrogen) atoms. The lowest BCUT2D eigenvalue weighted by atomic mass is 10.2. The van der Waals surface area contributed by atoms with Gasteiger partial charge in [0.05, 0.1) is 0 Å². The second-order valence-electron chi connectivity index (χ2n) is 3.87. The zero-order chi connectivity index (χ0) is 13.0. The predicted octanol–water partition coefficient (Wildman–Crippen LogP) is 2.54.